The summed E-state index contributed by atoms with van der Waals surface area (Å²) in [5, 5.41) is 18.9. The topological polar surface area (TPSA) is 45.9 Å². The molecule has 4 nitrogen and oxygen atoms in total. The predicted molar refractivity (Wildman–Crippen MR) is 294 cm³/mol. The molecule has 0 unspecified atom stereocenters. The van der Waals surface area contributed by atoms with Gasteiger partial charge >= 0.3 is 0 Å². The van der Waals surface area contributed by atoms with Gasteiger partial charge in [0.05, 0.1) is 22.1 Å². The molecule has 0 aliphatic rings. The van der Waals surface area contributed by atoms with E-state index in [0.29, 0.717) is 0 Å². The van der Waals surface area contributed by atoms with Gasteiger partial charge < -0.3 is 19.2 Å². The van der Waals surface area contributed by atoms with Crippen LogP contribution in [0.15, 0.2) is 261 Å². The molecule has 0 aliphatic carbocycles. The van der Waals surface area contributed by atoms with E-state index in [9.17, 15) is 5.11 Å². The Labute approximate surface area is 405 Å². The minimum Gasteiger partial charge on any atom is -0.507 e. The van der Waals surface area contributed by atoms with Gasteiger partial charge in [-0.1, -0.05) is 188 Å². The lowest BCUT2D eigenvalue weighted by Gasteiger charge is -2.13. The van der Waals surface area contributed by atoms with Crippen LogP contribution in [0.4, 0.5) is 0 Å². The van der Waals surface area contributed by atoms with Gasteiger partial charge in [0.15, 0.2) is 0 Å². The highest BCUT2D eigenvalue weighted by Crippen LogP contribution is 2.42. The number of nitrogens with one attached hydrogen (secondary N) is 1. The van der Waals surface area contributed by atoms with E-state index in [4.69, 9.17) is 0 Å². The summed E-state index contributed by atoms with van der Waals surface area (Å²) in [5.41, 5.74) is 17.3. The summed E-state index contributed by atoms with van der Waals surface area (Å²) < 4.78 is 4.77. The van der Waals surface area contributed by atoms with E-state index in [1.165, 1.54) is 54.5 Å². The predicted octanol–water partition coefficient (Wildman–Crippen LogP) is 17.6. The number of nitrogens with zero attached hydrogens (tertiary/aromatic N) is 2. The molecule has 14 aromatic rings. The van der Waals surface area contributed by atoms with Crippen molar-refractivity contribution in [3.8, 4) is 61.6 Å². The van der Waals surface area contributed by atoms with E-state index in [2.05, 4.69) is 190 Å². The zero-order valence-electron chi connectivity index (χ0n) is 38.2. The fourth-order valence-corrected chi connectivity index (χ4v) is 10.5. The van der Waals surface area contributed by atoms with Crippen LogP contribution in [0.1, 0.15) is 0 Å². The van der Waals surface area contributed by atoms with Crippen LogP contribution in [0.5, 0.6) is 5.75 Å². The molecule has 11 aromatic carbocycles. The number of phenolic OH excluding ortho intramolecular Hbond substituents is 1. The lowest BCUT2D eigenvalue weighted by atomic mass is 9.97. The number of rotatable bonds is 6. The number of hydrogen-bond donors (Lipinski definition) is 2. The Morgan fingerprint density at radius 2 is 0.686 bits per heavy atom. The lowest BCUT2D eigenvalue weighted by Crippen LogP contribution is -1.95. The van der Waals surface area contributed by atoms with Crippen molar-refractivity contribution in [1.29, 1.82) is 0 Å². The highest BCUT2D eigenvalue weighted by atomic mass is 16.3. The van der Waals surface area contributed by atoms with Crippen LogP contribution in [0.2, 0.25) is 0 Å². The average molecular weight is 896 g/mol. The zero-order chi connectivity index (χ0) is 46.5. The van der Waals surface area contributed by atoms with E-state index < -0.39 is 0 Å². The minimum atomic E-state index is 0.281. The molecule has 0 radical (unpaired) electrons. The third-order valence-electron chi connectivity index (χ3n) is 13.9. The van der Waals surface area contributed by atoms with Gasteiger partial charge in [0.1, 0.15) is 5.75 Å². The number of aromatic nitrogens is 3. The van der Waals surface area contributed by atoms with Crippen molar-refractivity contribution in [1.82, 2.24) is 14.1 Å². The van der Waals surface area contributed by atoms with Crippen LogP contribution in [-0.2, 0) is 0 Å². The van der Waals surface area contributed by atoms with Crippen molar-refractivity contribution >= 4 is 65.4 Å². The maximum Gasteiger partial charge on any atom is 0.131 e. The summed E-state index contributed by atoms with van der Waals surface area (Å²) in [4.78, 5) is 3.59. The SMILES string of the molecule is Oc1c(-c2ccccc2)cccc1-c1ccc(-n2c3cc(-c4ccc5[nH]c6ccccc6c5c4)ccc3c3ccc(-c4ccc5c(c4)c4ccccc4n5-c4ccccc4)cc32)cc1.c1ccccc1. The first-order valence-corrected chi connectivity index (χ1v) is 23.8. The quantitative estimate of drug-likeness (QED) is 0.172. The summed E-state index contributed by atoms with van der Waals surface area (Å²) in [5.74, 6) is 0.281. The molecular formula is C66H45N3O. The Morgan fingerprint density at radius 3 is 1.36 bits per heavy atom. The van der Waals surface area contributed by atoms with Crippen molar-refractivity contribution in [2.45, 2.75) is 0 Å². The van der Waals surface area contributed by atoms with Gasteiger partial charge in [-0.05, 0) is 106 Å². The number of para-hydroxylation sites is 4. The van der Waals surface area contributed by atoms with Crippen LogP contribution < -0.4 is 0 Å². The van der Waals surface area contributed by atoms with Crippen molar-refractivity contribution in [2.24, 2.45) is 0 Å². The second-order valence-electron chi connectivity index (χ2n) is 17.9. The van der Waals surface area contributed by atoms with Gasteiger partial charge in [-0.2, -0.15) is 0 Å². The van der Waals surface area contributed by atoms with Crippen molar-refractivity contribution in [3.05, 3.63) is 261 Å². The van der Waals surface area contributed by atoms with Crippen LogP contribution in [-0.4, -0.2) is 19.2 Å². The fourth-order valence-electron chi connectivity index (χ4n) is 10.5. The Kier molecular flexibility index (Phi) is 9.95. The monoisotopic (exact) mass is 895 g/mol. The van der Waals surface area contributed by atoms with Crippen LogP contribution in [0.3, 0.4) is 0 Å². The first kappa shape index (κ1) is 40.9. The molecule has 2 N–H and O–H groups in total. The summed E-state index contributed by atoms with van der Waals surface area (Å²) in [6, 6.07) is 92.0. The van der Waals surface area contributed by atoms with Gasteiger partial charge in [0, 0.05) is 65.9 Å². The average Bonchev–Trinajstić information content (AvgIpc) is 4.09. The Morgan fingerprint density at radius 1 is 0.257 bits per heavy atom. The summed E-state index contributed by atoms with van der Waals surface area (Å²) in [7, 11) is 0. The molecule has 0 amide bonds. The van der Waals surface area contributed by atoms with Crippen LogP contribution in [0, 0.1) is 0 Å². The maximum atomic E-state index is 11.6. The minimum absolute atomic E-state index is 0.281. The zero-order valence-corrected chi connectivity index (χ0v) is 38.2. The normalized spacial score (nSPS) is 11.5. The smallest absolute Gasteiger partial charge is 0.131 e. The highest BCUT2D eigenvalue weighted by Gasteiger charge is 2.18. The number of fused-ring (bicyclic) bond motifs is 9. The van der Waals surface area contributed by atoms with E-state index in [1.54, 1.807) is 0 Å². The second kappa shape index (κ2) is 17.0. The number of phenols is 1. The van der Waals surface area contributed by atoms with E-state index in [-0.39, 0.29) is 5.75 Å². The third-order valence-corrected chi connectivity index (χ3v) is 13.9. The molecule has 4 heteroatoms. The van der Waals surface area contributed by atoms with Crippen LogP contribution >= 0.6 is 0 Å². The van der Waals surface area contributed by atoms with Gasteiger partial charge in [-0.25, -0.2) is 0 Å². The Hall–Kier alpha value is -9.38. The first-order chi connectivity index (χ1) is 34.6. The molecule has 0 spiro atoms. The number of H-pyrrole nitrogens is 1. The fraction of sp³-hybridized carbons (Fsp3) is 0. The van der Waals surface area contributed by atoms with Gasteiger partial charge in [-0.3, -0.25) is 0 Å². The molecule has 0 atom stereocenters. The number of hydrogen-bond acceptors (Lipinski definition) is 1. The first-order valence-electron chi connectivity index (χ1n) is 23.8. The number of aromatic hydroxyl groups is 1. The van der Waals surface area contributed by atoms with E-state index in [0.717, 1.165) is 66.8 Å². The molecule has 0 aliphatic heterocycles. The Balaban J connectivity index is 0.000000747. The molecule has 0 saturated carbocycles. The summed E-state index contributed by atoms with van der Waals surface area (Å²) >= 11 is 0. The highest BCUT2D eigenvalue weighted by molar-refractivity contribution is 6.14. The summed E-state index contributed by atoms with van der Waals surface area (Å²) in [6.45, 7) is 0. The summed E-state index contributed by atoms with van der Waals surface area (Å²) in [6.07, 6.45) is 0. The molecule has 0 bridgehead atoms. The van der Waals surface area contributed by atoms with Crippen LogP contribution in [0.25, 0.3) is 121 Å². The van der Waals surface area contributed by atoms with Crippen molar-refractivity contribution < 1.29 is 5.11 Å². The molecule has 70 heavy (non-hydrogen) atoms. The van der Waals surface area contributed by atoms with Gasteiger partial charge in [0.25, 0.3) is 0 Å². The second-order valence-corrected chi connectivity index (χ2v) is 17.9. The molecule has 0 saturated heterocycles. The molecule has 0 fully saturated rings. The largest absolute Gasteiger partial charge is 0.507 e. The number of aromatic amines is 1. The maximum absolute atomic E-state index is 11.6. The third kappa shape index (κ3) is 7.01. The lowest BCUT2D eigenvalue weighted by molar-refractivity contribution is 0.479. The molecule has 3 heterocycles. The van der Waals surface area contributed by atoms with E-state index in [1.807, 2.05) is 84.9 Å². The van der Waals surface area contributed by atoms with Gasteiger partial charge in [-0.15, -0.1) is 0 Å². The molecule has 330 valence electrons. The van der Waals surface area contributed by atoms with E-state index >= 15 is 0 Å². The van der Waals surface area contributed by atoms with Gasteiger partial charge in [0.2, 0.25) is 0 Å². The standard InChI is InChI=1S/C60H39N3O.C6H6/c64-60-46(38-12-3-1-4-13-38)18-11-19-47(60)39-22-28-45(29-23-39)63-58-36-42(40-26-32-55-52(34-40)48-16-7-9-20-54(48)61-55)24-30-50(58)51-31-25-43(37-59(51)63)41-27-33-57-53(35-41)49-17-8-10-21-56(49)62(57)44-14-5-2-6-15-44;1-2-4-6-5-3-1/h1-37,61,64H;1-6H. The molecular weight excluding hydrogens is 851 g/mol. The molecule has 3 aromatic heterocycles. The number of benzene rings is 11. The molecule has 14 rings (SSSR count). The van der Waals surface area contributed by atoms with Crippen molar-refractivity contribution in [2.75, 3.05) is 0 Å². The van der Waals surface area contributed by atoms with Crippen molar-refractivity contribution in [3.63, 3.8) is 0 Å². The Bertz CT molecular complexity index is 4190.